The molecule has 0 spiro atoms. The van der Waals surface area contributed by atoms with Gasteiger partial charge in [0.05, 0.1) is 17.0 Å². The highest BCUT2D eigenvalue weighted by molar-refractivity contribution is 6.03. The molecule has 2 aromatic rings. The van der Waals surface area contributed by atoms with Crippen LogP contribution in [-0.2, 0) is 11.3 Å². The molecule has 0 saturated carbocycles. The molecule has 1 atom stereocenters. The summed E-state index contributed by atoms with van der Waals surface area (Å²) in [6, 6.07) is 10.5. The predicted octanol–water partition coefficient (Wildman–Crippen LogP) is 3.45. The molecule has 0 bridgehead atoms. The Hall–Kier alpha value is -2.10. The van der Waals surface area contributed by atoms with E-state index in [0.29, 0.717) is 12.5 Å². The van der Waals surface area contributed by atoms with Gasteiger partial charge in [0.25, 0.3) is 0 Å². The number of hydrogen-bond acceptors (Lipinski definition) is 4. The summed E-state index contributed by atoms with van der Waals surface area (Å²) >= 11 is 0. The third-order valence-electron chi connectivity index (χ3n) is 3.67. The van der Waals surface area contributed by atoms with Crippen molar-refractivity contribution >= 4 is 5.71 Å². The highest BCUT2D eigenvalue weighted by Gasteiger charge is 2.30. The minimum Gasteiger partial charge on any atom is -0.396 e. The van der Waals surface area contributed by atoms with E-state index in [4.69, 9.17) is 9.36 Å². The number of fused-ring (bicyclic) bond motifs is 1. The van der Waals surface area contributed by atoms with Gasteiger partial charge >= 0.3 is 0 Å². The SMILES string of the molecule is CCO/N=C1\C[C@H](c2ccccc2)Cc2onc(C)c21. The Morgan fingerprint density at radius 3 is 2.85 bits per heavy atom. The molecular weight excluding hydrogens is 252 g/mol. The number of rotatable bonds is 3. The third kappa shape index (κ3) is 2.33. The van der Waals surface area contributed by atoms with Crippen molar-refractivity contribution in [3.63, 3.8) is 0 Å². The van der Waals surface area contributed by atoms with E-state index in [1.54, 1.807) is 0 Å². The minimum absolute atomic E-state index is 0.371. The molecule has 104 valence electrons. The molecule has 0 amide bonds. The Balaban J connectivity index is 1.97. The van der Waals surface area contributed by atoms with E-state index in [0.717, 1.165) is 35.6 Å². The van der Waals surface area contributed by atoms with E-state index in [1.165, 1.54) is 5.56 Å². The molecule has 4 nitrogen and oxygen atoms in total. The van der Waals surface area contributed by atoms with Crippen LogP contribution in [0.4, 0.5) is 0 Å². The second-order valence-corrected chi connectivity index (χ2v) is 5.04. The van der Waals surface area contributed by atoms with Gasteiger partial charge in [0.1, 0.15) is 12.4 Å². The molecule has 20 heavy (non-hydrogen) atoms. The quantitative estimate of drug-likeness (QED) is 0.802. The van der Waals surface area contributed by atoms with Gasteiger partial charge in [-0.1, -0.05) is 40.6 Å². The molecule has 1 aliphatic carbocycles. The fourth-order valence-corrected chi connectivity index (χ4v) is 2.74. The van der Waals surface area contributed by atoms with Crippen molar-refractivity contribution in [3.05, 3.63) is 52.9 Å². The Morgan fingerprint density at radius 2 is 2.10 bits per heavy atom. The first-order valence-electron chi connectivity index (χ1n) is 6.99. The average Bonchev–Trinajstić information content (AvgIpc) is 2.87. The summed E-state index contributed by atoms with van der Waals surface area (Å²) in [5.41, 5.74) is 4.17. The first-order chi connectivity index (χ1) is 9.79. The van der Waals surface area contributed by atoms with Gasteiger partial charge in [0.15, 0.2) is 0 Å². The monoisotopic (exact) mass is 270 g/mol. The molecule has 0 unspecified atom stereocenters. The lowest BCUT2D eigenvalue weighted by Crippen LogP contribution is -2.19. The highest BCUT2D eigenvalue weighted by atomic mass is 16.6. The van der Waals surface area contributed by atoms with E-state index >= 15 is 0 Å². The number of oxime groups is 1. The van der Waals surface area contributed by atoms with E-state index in [-0.39, 0.29) is 0 Å². The summed E-state index contributed by atoms with van der Waals surface area (Å²) in [7, 11) is 0. The lowest BCUT2D eigenvalue weighted by atomic mass is 9.82. The molecule has 1 aliphatic rings. The average molecular weight is 270 g/mol. The Kier molecular flexibility index (Phi) is 3.54. The summed E-state index contributed by atoms with van der Waals surface area (Å²) in [5.74, 6) is 1.29. The zero-order chi connectivity index (χ0) is 13.9. The first-order valence-corrected chi connectivity index (χ1v) is 6.99. The normalized spacial score (nSPS) is 19.9. The largest absolute Gasteiger partial charge is 0.396 e. The fourth-order valence-electron chi connectivity index (χ4n) is 2.74. The number of aryl methyl sites for hydroxylation is 1. The zero-order valence-electron chi connectivity index (χ0n) is 11.8. The Morgan fingerprint density at radius 1 is 1.30 bits per heavy atom. The van der Waals surface area contributed by atoms with Crippen LogP contribution in [0.2, 0.25) is 0 Å². The maximum atomic E-state index is 5.46. The van der Waals surface area contributed by atoms with E-state index in [9.17, 15) is 0 Å². The highest BCUT2D eigenvalue weighted by Crippen LogP contribution is 2.34. The zero-order valence-corrected chi connectivity index (χ0v) is 11.8. The summed E-state index contributed by atoms with van der Waals surface area (Å²) in [6.45, 7) is 4.45. The van der Waals surface area contributed by atoms with Crippen LogP contribution >= 0.6 is 0 Å². The fraction of sp³-hybridized carbons (Fsp3) is 0.375. The van der Waals surface area contributed by atoms with Gasteiger partial charge < -0.3 is 9.36 Å². The third-order valence-corrected chi connectivity index (χ3v) is 3.67. The van der Waals surface area contributed by atoms with Gasteiger partial charge in [-0.3, -0.25) is 0 Å². The molecular formula is C16H18N2O2. The van der Waals surface area contributed by atoms with Crippen LogP contribution in [0.25, 0.3) is 0 Å². The van der Waals surface area contributed by atoms with Gasteiger partial charge in [0, 0.05) is 12.8 Å². The molecule has 0 saturated heterocycles. The number of benzene rings is 1. The molecule has 0 radical (unpaired) electrons. The molecule has 3 rings (SSSR count). The van der Waals surface area contributed by atoms with Crippen molar-refractivity contribution in [3.8, 4) is 0 Å². The van der Waals surface area contributed by atoms with Crippen LogP contribution in [0.3, 0.4) is 0 Å². The summed E-state index contributed by atoms with van der Waals surface area (Å²) < 4.78 is 5.46. The molecule has 0 fully saturated rings. The van der Waals surface area contributed by atoms with Crippen LogP contribution < -0.4 is 0 Å². The van der Waals surface area contributed by atoms with Gasteiger partial charge in [0.2, 0.25) is 0 Å². The lowest BCUT2D eigenvalue weighted by molar-refractivity contribution is 0.158. The second kappa shape index (κ2) is 5.49. The van der Waals surface area contributed by atoms with Crippen molar-refractivity contribution in [2.24, 2.45) is 5.16 Å². The maximum Gasteiger partial charge on any atom is 0.146 e. The van der Waals surface area contributed by atoms with Crippen molar-refractivity contribution in [2.75, 3.05) is 6.61 Å². The molecule has 1 heterocycles. The smallest absolute Gasteiger partial charge is 0.146 e. The van der Waals surface area contributed by atoms with Crippen molar-refractivity contribution in [1.82, 2.24) is 5.16 Å². The van der Waals surface area contributed by atoms with Gasteiger partial charge in [-0.25, -0.2) is 0 Å². The van der Waals surface area contributed by atoms with Crippen LogP contribution in [0.1, 0.15) is 41.8 Å². The summed E-state index contributed by atoms with van der Waals surface area (Å²) in [6.07, 6.45) is 1.73. The van der Waals surface area contributed by atoms with Crippen LogP contribution in [0.5, 0.6) is 0 Å². The van der Waals surface area contributed by atoms with Crippen LogP contribution in [0.15, 0.2) is 40.0 Å². The molecule has 1 aromatic carbocycles. The summed E-state index contributed by atoms with van der Waals surface area (Å²) in [4.78, 5) is 5.26. The lowest BCUT2D eigenvalue weighted by Gasteiger charge is -2.22. The second-order valence-electron chi connectivity index (χ2n) is 5.04. The molecule has 0 aliphatic heterocycles. The molecule has 1 aromatic heterocycles. The number of aromatic nitrogens is 1. The van der Waals surface area contributed by atoms with E-state index in [1.807, 2.05) is 19.9 Å². The van der Waals surface area contributed by atoms with Crippen molar-refractivity contribution in [1.29, 1.82) is 0 Å². The number of hydrogen-bond donors (Lipinski definition) is 0. The minimum atomic E-state index is 0.371. The number of nitrogens with zero attached hydrogens (tertiary/aromatic N) is 2. The maximum absolute atomic E-state index is 5.46. The van der Waals surface area contributed by atoms with E-state index in [2.05, 4.69) is 34.6 Å². The van der Waals surface area contributed by atoms with E-state index < -0.39 is 0 Å². The molecule has 4 heteroatoms. The Labute approximate surface area is 118 Å². The van der Waals surface area contributed by atoms with Crippen LogP contribution in [-0.4, -0.2) is 17.5 Å². The topological polar surface area (TPSA) is 47.6 Å². The first kappa shape index (κ1) is 12.9. The van der Waals surface area contributed by atoms with Crippen molar-refractivity contribution < 1.29 is 9.36 Å². The molecule has 0 N–H and O–H groups in total. The van der Waals surface area contributed by atoms with Gasteiger partial charge in [-0.05, 0) is 25.3 Å². The predicted molar refractivity (Wildman–Crippen MR) is 76.9 cm³/mol. The summed E-state index contributed by atoms with van der Waals surface area (Å²) in [5, 5.41) is 8.34. The van der Waals surface area contributed by atoms with Crippen molar-refractivity contribution in [2.45, 2.75) is 32.6 Å². The standard InChI is InChI=1S/C16H18N2O2/c1-3-19-18-14-9-13(12-7-5-4-6-8-12)10-15-16(14)11(2)17-20-15/h4-8,13H,3,9-10H2,1-2H3/b18-14+/t13-/m0/s1. The van der Waals surface area contributed by atoms with Gasteiger partial charge in [-0.15, -0.1) is 0 Å². The Bertz CT molecular complexity index is 617. The van der Waals surface area contributed by atoms with Gasteiger partial charge in [-0.2, -0.15) is 0 Å². The van der Waals surface area contributed by atoms with Crippen LogP contribution in [0, 0.1) is 6.92 Å².